The van der Waals surface area contributed by atoms with E-state index in [1.807, 2.05) is 7.05 Å². The van der Waals surface area contributed by atoms with Gasteiger partial charge in [-0.15, -0.1) is 0 Å². The molecule has 3 rings (SSSR count). The van der Waals surface area contributed by atoms with Crippen LogP contribution in [-0.2, 0) is 16.6 Å². The van der Waals surface area contributed by atoms with Crippen LogP contribution in [0.25, 0.3) is 0 Å². The number of aryl methyl sites for hydroxylation is 1. The number of morpholine rings is 1. The number of aliphatic carboxylic acids is 1. The predicted molar refractivity (Wildman–Crippen MR) is 82.3 cm³/mol. The molecule has 126 valence electrons. The van der Waals surface area contributed by atoms with Crippen molar-refractivity contribution in [2.45, 2.75) is 44.1 Å². The molecular formula is C16H23N3O4. The highest BCUT2D eigenvalue weighted by molar-refractivity contribution is 5.95. The number of rotatable bonds is 3. The number of hydrogen-bond acceptors (Lipinski definition) is 4. The zero-order valence-corrected chi connectivity index (χ0v) is 13.4. The molecule has 1 N–H and O–H groups in total. The molecule has 2 heterocycles. The predicted octanol–water partition coefficient (Wildman–Crippen LogP) is 1.39. The van der Waals surface area contributed by atoms with E-state index in [1.165, 1.54) is 19.3 Å². The lowest BCUT2D eigenvalue weighted by Gasteiger charge is -2.31. The Hall–Kier alpha value is -1.89. The summed E-state index contributed by atoms with van der Waals surface area (Å²) in [5.74, 6) is -0.824. The van der Waals surface area contributed by atoms with Gasteiger partial charge in [0.25, 0.3) is 5.91 Å². The van der Waals surface area contributed by atoms with Crippen LogP contribution in [0, 0.1) is 0 Å². The molecule has 2 fully saturated rings. The topological polar surface area (TPSA) is 84.7 Å². The van der Waals surface area contributed by atoms with Gasteiger partial charge in [-0.2, -0.15) is 5.10 Å². The zero-order valence-electron chi connectivity index (χ0n) is 13.4. The van der Waals surface area contributed by atoms with Gasteiger partial charge in [-0.25, -0.2) is 4.79 Å². The Bertz CT molecular complexity index is 592. The van der Waals surface area contributed by atoms with Gasteiger partial charge >= 0.3 is 5.97 Å². The summed E-state index contributed by atoms with van der Waals surface area (Å²) in [4.78, 5) is 25.5. The first-order valence-corrected chi connectivity index (χ1v) is 8.23. The Labute approximate surface area is 135 Å². The van der Waals surface area contributed by atoms with Gasteiger partial charge in [-0.3, -0.25) is 9.48 Å². The third-order valence-electron chi connectivity index (χ3n) is 4.71. The van der Waals surface area contributed by atoms with Crippen molar-refractivity contribution in [2.24, 2.45) is 7.05 Å². The van der Waals surface area contributed by atoms with Crippen LogP contribution in [0.15, 0.2) is 6.20 Å². The van der Waals surface area contributed by atoms with E-state index in [2.05, 4.69) is 5.10 Å². The van der Waals surface area contributed by atoms with Crippen LogP contribution in [0.1, 0.15) is 54.1 Å². The molecule has 1 amide bonds. The number of carbonyl (C=O) groups excluding carboxylic acids is 1. The number of nitrogens with zero attached hydrogens (tertiary/aromatic N) is 3. The van der Waals surface area contributed by atoms with Gasteiger partial charge in [-0.1, -0.05) is 19.3 Å². The summed E-state index contributed by atoms with van der Waals surface area (Å²) in [6.07, 6.45) is 6.55. The summed E-state index contributed by atoms with van der Waals surface area (Å²) in [6, 6.07) is 0. The van der Waals surface area contributed by atoms with E-state index in [0.29, 0.717) is 18.0 Å². The van der Waals surface area contributed by atoms with Crippen LogP contribution < -0.4 is 0 Å². The lowest BCUT2D eigenvalue weighted by molar-refractivity contribution is -0.154. The molecule has 23 heavy (non-hydrogen) atoms. The quantitative estimate of drug-likeness (QED) is 0.909. The smallest absolute Gasteiger partial charge is 0.334 e. The molecule has 7 nitrogen and oxygen atoms in total. The summed E-state index contributed by atoms with van der Waals surface area (Å²) < 4.78 is 6.88. The molecule has 0 bridgehead atoms. The van der Waals surface area contributed by atoms with Crippen LogP contribution in [0.5, 0.6) is 0 Å². The number of carbonyl (C=O) groups is 2. The van der Waals surface area contributed by atoms with Crippen molar-refractivity contribution in [3.63, 3.8) is 0 Å². The van der Waals surface area contributed by atoms with Crippen molar-refractivity contribution in [1.82, 2.24) is 14.7 Å². The van der Waals surface area contributed by atoms with Gasteiger partial charge in [0.05, 0.1) is 24.4 Å². The second-order valence-electron chi connectivity index (χ2n) is 6.39. The summed E-state index contributed by atoms with van der Waals surface area (Å²) in [6.45, 7) is 0.760. The average Bonchev–Trinajstić information content (AvgIpc) is 2.97. The van der Waals surface area contributed by atoms with Crippen LogP contribution in [0.3, 0.4) is 0 Å². The lowest BCUT2D eigenvalue weighted by Crippen LogP contribution is -2.48. The van der Waals surface area contributed by atoms with Gasteiger partial charge < -0.3 is 14.7 Å². The monoisotopic (exact) mass is 321 g/mol. The third kappa shape index (κ3) is 3.39. The molecule has 1 aliphatic heterocycles. The molecule has 1 atom stereocenters. The van der Waals surface area contributed by atoms with Gasteiger partial charge in [0.15, 0.2) is 6.10 Å². The number of aromatic nitrogens is 2. The molecule has 1 unspecified atom stereocenters. The fraction of sp³-hybridized carbons (Fsp3) is 0.688. The Morgan fingerprint density at radius 1 is 1.30 bits per heavy atom. The minimum absolute atomic E-state index is 0.0904. The molecular weight excluding hydrogens is 298 g/mol. The first-order valence-electron chi connectivity index (χ1n) is 8.23. The maximum absolute atomic E-state index is 12.9. The summed E-state index contributed by atoms with van der Waals surface area (Å²) in [7, 11) is 1.82. The SMILES string of the molecule is Cn1cc(C(=O)N2CCOC(C(=O)O)C2)c(C2CCCCC2)n1. The van der Waals surface area contributed by atoms with Crippen molar-refractivity contribution >= 4 is 11.9 Å². The molecule has 1 saturated carbocycles. The normalized spacial score (nSPS) is 23.0. The Balaban J connectivity index is 1.80. The summed E-state index contributed by atoms with van der Waals surface area (Å²) in [5, 5.41) is 13.6. The third-order valence-corrected chi connectivity index (χ3v) is 4.71. The zero-order chi connectivity index (χ0) is 16.4. The van der Waals surface area contributed by atoms with Crippen molar-refractivity contribution < 1.29 is 19.4 Å². The van der Waals surface area contributed by atoms with E-state index in [1.54, 1.807) is 15.8 Å². The number of carboxylic acid groups (broad SMARTS) is 1. The number of amides is 1. The van der Waals surface area contributed by atoms with Crippen molar-refractivity contribution in [3.8, 4) is 0 Å². The van der Waals surface area contributed by atoms with Crippen LogP contribution in [0.4, 0.5) is 0 Å². The van der Waals surface area contributed by atoms with E-state index < -0.39 is 12.1 Å². The fourth-order valence-electron chi connectivity index (χ4n) is 3.50. The first-order chi connectivity index (χ1) is 11.1. The molecule has 1 aromatic rings. The van der Waals surface area contributed by atoms with Gasteiger partial charge in [0.2, 0.25) is 0 Å². The highest BCUT2D eigenvalue weighted by Crippen LogP contribution is 2.34. The molecule has 0 aromatic carbocycles. The molecule has 0 radical (unpaired) electrons. The van der Waals surface area contributed by atoms with Crippen LogP contribution >= 0.6 is 0 Å². The highest BCUT2D eigenvalue weighted by atomic mass is 16.5. The minimum Gasteiger partial charge on any atom is -0.479 e. The maximum Gasteiger partial charge on any atom is 0.334 e. The second-order valence-corrected chi connectivity index (χ2v) is 6.39. The second kappa shape index (κ2) is 6.70. The molecule has 7 heteroatoms. The van der Waals surface area contributed by atoms with E-state index >= 15 is 0 Å². The Morgan fingerprint density at radius 2 is 2.04 bits per heavy atom. The fourth-order valence-corrected chi connectivity index (χ4v) is 3.50. The molecule has 1 aliphatic carbocycles. The lowest BCUT2D eigenvalue weighted by atomic mass is 9.85. The maximum atomic E-state index is 12.9. The molecule has 0 spiro atoms. The standard InChI is InChI=1S/C16H23N3O4/c1-18-9-12(14(17-18)11-5-3-2-4-6-11)15(20)19-7-8-23-13(10-19)16(21)22/h9,11,13H,2-8,10H2,1H3,(H,21,22). The average molecular weight is 321 g/mol. The highest BCUT2D eigenvalue weighted by Gasteiger charge is 2.32. The van der Waals surface area contributed by atoms with Gasteiger partial charge in [0.1, 0.15) is 0 Å². The largest absolute Gasteiger partial charge is 0.479 e. The number of hydrogen-bond donors (Lipinski definition) is 1. The number of carboxylic acids is 1. The van der Waals surface area contributed by atoms with Gasteiger partial charge in [0, 0.05) is 25.7 Å². The minimum atomic E-state index is -1.03. The number of ether oxygens (including phenoxy) is 1. The molecule has 1 aromatic heterocycles. The van der Waals surface area contributed by atoms with E-state index in [9.17, 15) is 9.59 Å². The molecule has 1 saturated heterocycles. The summed E-state index contributed by atoms with van der Waals surface area (Å²) in [5.41, 5.74) is 1.49. The summed E-state index contributed by atoms with van der Waals surface area (Å²) >= 11 is 0. The van der Waals surface area contributed by atoms with E-state index in [4.69, 9.17) is 9.84 Å². The van der Waals surface area contributed by atoms with E-state index in [-0.39, 0.29) is 19.1 Å². The first kappa shape index (κ1) is 16.0. The Morgan fingerprint density at radius 3 is 2.74 bits per heavy atom. The Kier molecular flexibility index (Phi) is 4.66. The molecule has 2 aliphatic rings. The van der Waals surface area contributed by atoms with Crippen molar-refractivity contribution in [2.75, 3.05) is 19.7 Å². The van der Waals surface area contributed by atoms with E-state index in [0.717, 1.165) is 18.5 Å². The van der Waals surface area contributed by atoms with Crippen molar-refractivity contribution in [1.29, 1.82) is 0 Å². The van der Waals surface area contributed by atoms with Crippen molar-refractivity contribution in [3.05, 3.63) is 17.5 Å². The van der Waals surface area contributed by atoms with Crippen LogP contribution in [0.2, 0.25) is 0 Å². The van der Waals surface area contributed by atoms with Crippen LogP contribution in [-0.4, -0.2) is 57.5 Å². The van der Waals surface area contributed by atoms with Gasteiger partial charge in [-0.05, 0) is 12.8 Å².